The van der Waals surface area contributed by atoms with Gasteiger partial charge in [-0.2, -0.15) is 5.26 Å². The summed E-state index contributed by atoms with van der Waals surface area (Å²) in [5.74, 6) is 2.14. The highest BCUT2D eigenvalue weighted by Crippen LogP contribution is 2.36. The van der Waals surface area contributed by atoms with Gasteiger partial charge in [-0.05, 0) is 30.5 Å². The highest BCUT2D eigenvalue weighted by Gasteiger charge is 2.13. The first-order chi connectivity index (χ1) is 12.1. The molecule has 5 heteroatoms. The Balaban J connectivity index is 2.02. The quantitative estimate of drug-likeness (QED) is 0.608. The third-order valence-electron chi connectivity index (χ3n) is 3.57. The Bertz CT molecular complexity index is 753. The molecule has 0 aliphatic carbocycles. The number of halogens is 1. The number of rotatable bonds is 8. The molecular formula is C20H22ClNO3. The molecule has 132 valence electrons. The van der Waals surface area contributed by atoms with E-state index in [4.69, 9.17) is 31.1 Å². The maximum Gasteiger partial charge on any atom is 0.179 e. The molecule has 25 heavy (non-hydrogen) atoms. The molecule has 0 aliphatic rings. The average molecular weight is 360 g/mol. The van der Waals surface area contributed by atoms with Crippen LogP contribution in [0.3, 0.4) is 0 Å². The van der Waals surface area contributed by atoms with Crippen molar-refractivity contribution in [2.75, 3.05) is 19.8 Å². The van der Waals surface area contributed by atoms with Gasteiger partial charge < -0.3 is 14.2 Å². The van der Waals surface area contributed by atoms with Crippen LogP contribution in [0.5, 0.6) is 17.2 Å². The van der Waals surface area contributed by atoms with E-state index in [-0.39, 0.29) is 0 Å². The summed E-state index contributed by atoms with van der Waals surface area (Å²) in [6.07, 6.45) is 0. The van der Waals surface area contributed by atoms with Gasteiger partial charge in [-0.25, -0.2) is 0 Å². The molecule has 4 nitrogen and oxygen atoms in total. The van der Waals surface area contributed by atoms with Crippen molar-refractivity contribution < 1.29 is 14.2 Å². The van der Waals surface area contributed by atoms with Crippen molar-refractivity contribution in [2.45, 2.75) is 26.7 Å². The van der Waals surface area contributed by atoms with Crippen LogP contribution >= 0.6 is 11.6 Å². The molecule has 0 atom stereocenters. The summed E-state index contributed by atoms with van der Waals surface area (Å²) in [4.78, 5) is 0. The monoisotopic (exact) mass is 359 g/mol. The molecule has 0 saturated carbocycles. The summed E-state index contributed by atoms with van der Waals surface area (Å²) in [6, 6.07) is 13.2. The van der Waals surface area contributed by atoms with Crippen molar-refractivity contribution >= 4 is 11.6 Å². The molecule has 2 aromatic rings. The number of para-hydroxylation sites is 1. The first-order valence-corrected chi connectivity index (χ1v) is 8.65. The molecule has 0 N–H and O–H groups in total. The smallest absolute Gasteiger partial charge is 0.179 e. The van der Waals surface area contributed by atoms with E-state index in [9.17, 15) is 0 Å². The minimum absolute atomic E-state index is 0.318. The molecule has 0 bridgehead atoms. The van der Waals surface area contributed by atoms with Gasteiger partial charge in [0.1, 0.15) is 19.0 Å². The van der Waals surface area contributed by atoms with Gasteiger partial charge in [0, 0.05) is 6.07 Å². The highest BCUT2D eigenvalue weighted by atomic mass is 35.5. The lowest BCUT2D eigenvalue weighted by Crippen LogP contribution is -2.11. The predicted octanol–water partition coefficient (Wildman–Crippen LogP) is 5.19. The lowest BCUT2D eigenvalue weighted by atomic mass is 10.0. The average Bonchev–Trinajstić information content (AvgIpc) is 2.60. The number of benzene rings is 2. The second kappa shape index (κ2) is 9.19. The summed E-state index contributed by atoms with van der Waals surface area (Å²) in [6.45, 7) is 7.28. The standard InChI is InChI=1S/C20H22ClNO3/c1-4-23-19-12-15(13-22)11-17(21)20(19)25-10-9-24-18-8-6-5-7-16(18)14(2)3/h5-8,11-12,14H,4,9-10H2,1-3H3. The Hall–Kier alpha value is -2.38. The van der Waals surface area contributed by atoms with Crippen LogP contribution in [-0.4, -0.2) is 19.8 Å². The van der Waals surface area contributed by atoms with Crippen LogP contribution in [0, 0.1) is 11.3 Å². The van der Waals surface area contributed by atoms with Crippen molar-refractivity contribution in [1.82, 2.24) is 0 Å². The zero-order valence-corrected chi connectivity index (χ0v) is 15.5. The van der Waals surface area contributed by atoms with E-state index < -0.39 is 0 Å². The Morgan fingerprint density at radius 3 is 2.44 bits per heavy atom. The first-order valence-electron chi connectivity index (χ1n) is 8.27. The summed E-state index contributed by atoms with van der Waals surface area (Å²) in [7, 11) is 0. The van der Waals surface area contributed by atoms with Gasteiger partial charge in [-0.15, -0.1) is 0 Å². The van der Waals surface area contributed by atoms with E-state index in [1.807, 2.05) is 25.1 Å². The minimum atomic E-state index is 0.318. The molecule has 0 spiro atoms. The predicted molar refractivity (Wildman–Crippen MR) is 98.9 cm³/mol. The molecule has 0 radical (unpaired) electrons. The van der Waals surface area contributed by atoms with Crippen LogP contribution in [-0.2, 0) is 0 Å². The molecule has 2 aromatic carbocycles. The Labute approximate surface area is 153 Å². The number of hydrogen-bond acceptors (Lipinski definition) is 4. The SMILES string of the molecule is CCOc1cc(C#N)cc(Cl)c1OCCOc1ccccc1C(C)C. The minimum Gasteiger partial charge on any atom is -0.490 e. The maximum absolute atomic E-state index is 9.03. The third kappa shape index (κ3) is 5.04. The van der Waals surface area contributed by atoms with Gasteiger partial charge in [0.2, 0.25) is 0 Å². The summed E-state index contributed by atoms with van der Waals surface area (Å²) >= 11 is 6.21. The lowest BCUT2D eigenvalue weighted by molar-refractivity contribution is 0.207. The third-order valence-corrected chi connectivity index (χ3v) is 3.85. The Kier molecular flexibility index (Phi) is 6.97. The van der Waals surface area contributed by atoms with Crippen LogP contribution < -0.4 is 14.2 Å². The fourth-order valence-electron chi connectivity index (χ4n) is 2.42. The molecule has 0 fully saturated rings. The number of nitriles is 1. The summed E-state index contributed by atoms with van der Waals surface area (Å²) < 4.78 is 17.1. The van der Waals surface area contributed by atoms with Gasteiger partial charge in [-0.3, -0.25) is 0 Å². The maximum atomic E-state index is 9.03. The van der Waals surface area contributed by atoms with Crippen molar-refractivity contribution in [2.24, 2.45) is 0 Å². The van der Waals surface area contributed by atoms with E-state index in [0.29, 0.717) is 47.8 Å². The lowest BCUT2D eigenvalue weighted by Gasteiger charge is -2.16. The van der Waals surface area contributed by atoms with Gasteiger partial charge in [0.25, 0.3) is 0 Å². The second-order valence-electron chi connectivity index (χ2n) is 5.72. The molecule has 0 saturated heterocycles. The molecular weight excluding hydrogens is 338 g/mol. The normalized spacial score (nSPS) is 10.4. The number of hydrogen-bond donors (Lipinski definition) is 0. The van der Waals surface area contributed by atoms with E-state index >= 15 is 0 Å². The molecule has 0 amide bonds. The van der Waals surface area contributed by atoms with E-state index in [1.54, 1.807) is 12.1 Å². The first kappa shape index (κ1) is 19.0. The van der Waals surface area contributed by atoms with Crippen molar-refractivity contribution in [3.8, 4) is 23.3 Å². The summed E-state index contributed by atoms with van der Waals surface area (Å²) in [5.41, 5.74) is 1.59. The van der Waals surface area contributed by atoms with Gasteiger partial charge >= 0.3 is 0 Å². The Morgan fingerprint density at radius 2 is 1.76 bits per heavy atom. The number of ether oxygens (including phenoxy) is 3. The van der Waals surface area contributed by atoms with Gasteiger partial charge in [0.15, 0.2) is 11.5 Å². The number of nitrogens with zero attached hydrogens (tertiary/aromatic N) is 1. The fourth-order valence-corrected chi connectivity index (χ4v) is 2.69. The van der Waals surface area contributed by atoms with Crippen LogP contribution in [0.2, 0.25) is 5.02 Å². The summed E-state index contributed by atoms with van der Waals surface area (Å²) in [5, 5.41) is 9.38. The van der Waals surface area contributed by atoms with Crippen molar-refractivity contribution in [1.29, 1.82) is 5.26 Å². The van der Waals surface area contributed by atoms with Gasteiger partial charge in [0.05, 0.1) is 23.3 Å². The molecule has 0 unspecified atom stereocenters. The zero-order valence-electron chi connectivity index (χ0n) is 14.7. The van der Waals surface area contributed by atoms with Crippen molar-refractivity contribution in [3.05, 3.63) is 52.5 Å². The zero-order chi connectivity index (χ0) is 18.2. The Morgan fingerprint density at radius 1 is 1.04 bits per heavy atom. The largest absolute Gasteiger partial charge is 0.490 e. The van der Waals surface area contributed by atoms with Crippen LogP contribution in [0.25, 0.3) is 0 Å². The molecule has 0 aromatic heterocycles. The highest BCUT2D eigenvalue weighted by molar-refractivity contribution is 6.32. The molecule has 0 heterocycles. The van der Waals surface area contributed by atoms with Crippen LogP contribution in [0.1, 0.15) is 37.8 Å². The molecule has 0 aliphatic heterocycles. The fraction of sp³-hybridized carbons (Fsp3) is 0.350. The van der Waals surface area contributed by atoms with Crippen LogP contribution in [0.15, 0.2) is 36.4 Å². The van der Waals surface area contributed by atoms with Gasteiger partial charge in [-0.1, -0.05) is 43.6 Å². The second-order valence-corrected chi connectivity index (χ2v) is 6.13. The van der Waals surface area contributed by atoms with E-state index in [0.717, 1.165) is 11.3 Å². The van der Waals surface area contributed by atoms with E-state index in [1.165, 1.54) is 0 Å². The van der Waals surface area contributed by atoms with Crippen molar-refractivity contribution in [3.63, 3.8) is 0 Å². The van der Waals surface area contributed by atoms with Crippen LogP contribution in [0.4, 0.5) is 0 Å². The van der Waals surface area contributed by atoms with E-state index in [2.05, 4.69) is 26.0 Å². The molecule has 2 rings (SSSR count). The topological polar surface area (TPSA) is 51.5 Å².